The molecule has 0 unspecified atom stereocenters. The molecule has 0 aliphatic rings. The van der Waals surface area contributed by atoms with Crippen LogP contribution in [0.15, 0.2) is 60.7 Å². The first-order chi connectivity index (χ1) is 14.9. The summed E-state index contributed by atoms with van der Waals surface area (Å²) >= 11 is 6.21. The summed E-state index contributed by atoms with van der Waals surface area (Å²) in [6.07, 6.45) is 0. The molecule has 0 saturated carbocycles. The monoisotopic (exact) mass is 433 g/mol. The lowest BCUT2D eigenvalue weighted by atomic mass is 10.0. The molecule has 0 fully saturated rings. The fraction of sp³-hybridized carbons (Fsp3) is 0.200. The Morgan fingerprint density at radius 2 is 1.90 bits per heavy atom. The molecule has 4 aromatic rings. The second-order valence-corrected chi connectivity index (χ2v) is 8.25. The third-order valence-corrected chi connectivity index (χ3v) is 5.51. The number of amides is 1. The molecule has 31 heavy (non-hydrogen) atoms. The molecule has 0 spiro atoms. The lowest BCUT2D eigenvalue weighted by Gasteiger charge is -2.10. The lowest BCUT2D eigenvalue weighted by Crippen LogP contribution is -2.20. The molecule has 0 bridgehead atoms. The summed E-state index contributed by atoms with van der Waals surface area (Å²) in [4.78, 5) is 20.3. The highest BCUT2D eigenvalue weighted by Gasteiger charge is 2.10. The van der Waals surface area contributed by atoms with Crippen LogP contribution in [0.1, 0.15) is 30.9 Å². The summed E-state index contributed by atoms with van der Waals surface area (Å²) in [7, 11) is 0. The Labute approximate surface area is 186 Å². The number of rotatable bonds is 6. The normalized spacial score (nSPS) is 11.1. The van der Waals surface area contributed by atoms with Crippen LogP contribution >= 0.6 is 11.6 Å². The minimum absolute atomic E-state index is 0.0618. The average Bonchev–Trinajstić information content (AvgIpc) is 3.16. The van der Waals surface area contributed by atoms with E-state index in [9.17, 15) is 4.79 Å². The lowest BCUT2D eigenvalue weighted by molar-refractivity contribution is -0.118. The molecule has 0 saturated heterocycles. The molecule has 0 aliphatic heterocycles. The van der Waals surface area contributed by atoms with Crippen molar-refractivity contribution in [2.24, 2.45) is 0 Å². The van der Waals surface area contributed by atoms with Gasteiger partial charge in [-0.1, -0.05) is 49.7 Å². The molecule has 0 aliphatic carbocycles. The molecule has 1 amide bonds. The van der Waals surface area contributed by atoms with Crippen LogP contribution in [0.25, 0.3) is 22.4 Å². The molecular weight excluding hydrogens is 410 g/mol. The number of nitrogens with one attached hydrogen (secondary N) is 2. The Morgan fingerprint density at radius 1 is 1.13 bits per heavy atom. The van der Waals surface area contributed by atoms with Gasteiger partial charge in [0.2, 0.25) is 0 Å². The number of anilines is 1. The molecule has 4 rings (SSSR count). The Balaban J connectivity index is 1.43. The van der Waals surface area contributed by atoms with Crippen LogP contribution in [0.4, 0.5) is 5.69 Å². The fourth-order valence-electron chi connectivity index (χ4n) is 3.32. The van der Waals surface area contributed by atoms with Crippen molar-refractivity contribution in [3.05, 3.63) is 76.8 Å². The van der Waals surface area contributed by atoms with Crippen molar-refractivity contribution in [3.8, 4) is 17.1 Å². The van der Waals surface area contributed by atoms with Crippen molar-refractivity contribution in [2.75, 3.05) is 11.9 Å². The van der Waals surface area contributed by atoms with Crippen LogP contribution in [0.5, 0.6) is 5.75 Å². The van der Waals surface area contributed by atoms with Crippen molar-refractivity contribution in [1.82, 2.24) is 9.97 Å². The van der Waals surface area contributed by atoms with Gasteiger partial charge in [-0.3, -0.25) is 4.79 Å². The maximum atomic E-state index is 12.4. The summed E-state index contributed by atoms with van der Waals surface area (Å²) in [6, 6.07) is 19.2. The zero-order chi connectivity index (χ0) is 22.0. The molecule has 0 radical (unpaired) electrons. The van der Waals surface area contributed by atoms with Crippen LogP contribution < -0.4 is 10.1 Å². The first-order valence-corrected chi connectivity index (χ1v) is 10.6. The van der Waals surface area contributed by atoms with Crippen LogP contribution in [0.3, 0.4) is 0 Å². The van der Waals surface area contributed by atoms with E-state index >= 15 is 0 Å². The SMILES string of the molecule is Cc1cc2[nH]c(-c3cccc(NC(=O)COc4ccc(C(C)C)cc4)c3)nc2cc1Cl. The minimum atomic E-state index is -0.225. The summed E-state index contributed by atoms with van der Waals surface area (Å²) in [5.74, 6) is 1.62. The van der Waals surface area contributed by atoms with E-state index in [4.69, 9.17) is 16.3 Å². The van der Waals surface area contributed by atoms with Gasteiger partial charge in [-0.05, 0) is 60.4 Å². The largest absolute Gasteiger partial charge is 0.484 e. The van der Waals surface area contributed by atoms with E-state index in [1.54, 1.807) is 0 Å². The van der Waals surface area contributed by atoms with Gasteiger partial charge in [-0.15, -0.1) is 0 Å². The van der Waals surface area contributed by atoms with Gasteiger partial charge in [-0.2, -0.15) is 0 Å². The highest BCUT2D eigenvalue weighted by atomic mass is 35.5. The number of aromatic amines is 1. The number of carbonyl (C=O) groups excluding carboxylic acids is 1. The van der Waals surface area contributed by atoms with Gasteiger partial charge >= 0.3 is 0 Å². The van der Waals surface area contributed by atoms with Crippen molar-refractivity contribution < 1.29 is 9.53 Å². The van der Waals surface area contributed by atoms with Crippen LogP contribution in [0.2, 0.25) is 5.02 Å². The first kappa shape index (κ1) is 20.9. The van der Waals surface area contributed by atoms with Gasteiger partial charge in [-0.25, -0.2) is 4.98 Å². The van der Waals surface area contributed by atoms with E-state index in [-0.39, 0.29) is 12.5 Å². The Bertz CT molecular complexity index is 1190. The molecule has 0 atom stereocenters. The van der Waals surface area contributed by atoms with Gasteiger partial charge in [0.05, 0.1) is 11.0 Å². The summed E-state index contributed by atoms with van der Waals surface area (Å²) in [5, 5.41) is 3.56. The zero-order valence-corrected chi connectivity index (χ0v) is 18.5. The van der Waals surface area contributed by atoms with Crippen molar-refractivity contribution >= 4 is 34.2 Å². The molecule has 158 valence electrons. The van der Waals surface area contributed by atoms with Crippen LogP contribution in [0, 0.1) is 6.92 Å². The number of ether oxygens (including phenoxy) is 1. The number of H-pyrrole nitrogens is 1. The van der Waals surface area contributed by atoms with E-state index < -0.39 is 0 Å². The Morgan fingerprint density at radius 3 is 2.65 bits per heavy atom. The third kappa shape index (κ3) is 4.89. The minimum Gasteiger partial charge on any atom is -0.484 e. The van der Waals surface area contributed by atoms with Crippen LogP contribution in [-0.4, -0.2) is 22.5 Å². The van der Waals surface area contributed by atoms with E-state index in [2.05, 4.69) is 29.1 Å². The maximum Gasteiger partial charge on any atom is 0.262 e. The highest BCUT2D eigenvalue weighted by molar-refractivity contribution is 6.32. The number of nitrogens with zero attached hydrogens (tertiary/aromatic N) is 1. The summed E-state index contributed by atoms with van der Waals surface area (Å²) in [5.41, 5.74) is 5.49. The van der Waals surface area contributed by atoms with Gasteiger partial charge in [0.15, 0.2) is 6.61 Å². The highest BCUT2D eigenvalue weighted by Crippen LogP contribution is 2.27. The average molecular weight is 434 g/mol. The molecule has 2 N–H and O–H groups in total. The van der Waals surface area contributed by atoms with E-state index in [1.165, 1.54) is 5.56 Å². The summed E-state index contributed by atoms with van der Waals surface area (Å²) in [6.45, 7) is 6.17. The van der Waals surface area contributed by atoms with Crippen molar-refractivity contribution in [3.63, 3.8) is 0 Å². The number of halogens is 1. The molecule has 5 nitrogen and oxygen atoms in total. The second kappa shape index (κ2) is 8.82. The second-order valence-electron chi connectivity index (χ2n) is 7.85. The smallest absolute Gasteiger partial charge is 0.262 e. The van der Waals surface area contributed by atoms with Gasteiger partial charge in [0.25, 0.3) is 5.91 Å². The topological polar surface area (TPSA) is 67.0 Å². The van der Waals surface area contributed by atoms with E-state index in [0.29, 0.717) is 28.2 Å². The number of fused-ring (bicyclic) bond motifs is 1. The molecule has 1 aromatic heterocycles. The number of aryl methyl sites for hydroxylation is 1. The van der Waals surface area contributed by atoms with Gasteiger partial charge in [0, 0.05) is 16.3 Å². The first-order valence-electron chi connectivity index (χ1n) is 10.2. The number of aromatic nitrogens is 2. The van der Waals surface area contributed by atoms with Gasteiger partial charge < -0.3 is 15.0 Å². The molecule has 3 aromatic carbocycles. The fourth-order valence-corrected chi connectivity index (χ4v) is 3.47. The van der Waals surface area contributed by atoms with Crippen LogP contribution in [-0.2, 0) is 4.79 Å². The van der Waals surface area contributed by atoms with Gasteiger partial charge in [0.1, 0.15) is 11.6 Å². The van der Waals surface area contributed by atoms with E-state index in [0.717, 1.165) is 22.2 Å². The molecular formula is C25H24ClN3O2. The van der Waals surface area contributed by atoms with E-state index in [1.807, 2.05) is 67.6 Å². The summed E-state index contributed by atoms with van der Waals surface area (Å²) < 4.78 is 5.61. The molecule has 1 heterocycles. The quantitative estimate of drug-likeness (QED) is 0.373. The third-order valence-electron chi connectivity index (χ3n) is 5.10. The number of hydrogen-bond acceptors (Lipinski definition) is 3. The predicted octanol–water partition coefficient (Wildman–Crippen LogP) is 6.33. The van der Waals surface area contributed by atoms with Crippen molar-refractivity contribution in [2.45, 2.75) is 26.7 Å². The van der Waals surface area contributed by atoms with Crippen molar-refractivity contribution in [1.29, 1.82) is 0 Å². The number of hydrogen-bond donors (Lipinski definition) is 2. The molecule has 6 heteroatoms. The number of carbonyl (C=O) groups is 1. The Hall–Kier alpha value is -3.31. The predicted molar refractivity (Wildman–Crippen MR) is 126 cm³/mol. The number of imidazole rings is 1. The number of benzene rings is 3. The maximum absolute atomic E-state index is 12.4. The zero-order valence-electron chi connectivity index (χ0n) is 17.7. The standard InChI is InChI=1S/C25H24ClN3O2/c1-15(2)17-7-9-20(10-8-17)31-14-24(30)27-19-6-4-5-18(12-19)25-28-22-11-16(3)21(26)13-23(22)29-25/h4-13,15H,14H2,1-3H3,(H,27,30)(H,28,29). The Kier molecular flexibility index (Phi) is 5.96.